The zero-order valence-electron chi connectivity index (χ0n) is 26.8. The number of nitrogens with zero attached hydrogens (tertiary/aromatic N) is 4. The molecular formula is C35H35N5O8. The summed E-state index contributed by atoms with van der Waals surface area (Å²) in [7, 11) is 0. The molecule has 13 heteroatoms. The summed E-state index contributed by atoms with van der Waals surface area (Å²) in [5.74, 6) is 2.22. The Hall–Kier alpha value is -5.72. The van der Waals surface area contributed by atoms with Crippen molar-refractivity contribution in [1.29, 1.82) is 0 Å². The molecular weight excluding hydrogens is 618 g/mol. The van der Waals surface area contributed by atoms with E-state index in [9.17, 15) is 19.7 Å². The lowest BCUT2D eigenvalue weighted by Crippen LogP contribution is -2.45. The van der Waals surface area contributed by atoms with Crippen LogP contribution in [0.4, 0.5) is 16.2 Å². The first-order chi connectivity index (χ1) is 23.0. The van der Waals surface area contributed by atoms with Crippen LogP contribution in [0, 0.1) is 10.1 Å². The third-order valence-electron chi connectivity index (χ3n) is 7.77. The van der Waals surface area contributed by atoms with Gasteiger partial charge in [0.25, 0.3) is 5.69 Å². The third kappa shape index (κ3) is 7.80. The number of likely N-dealkylation sites (tertiary alicyclic amines) is 1. The highest BCUT2D eigenvalue weighted by Gasteiger charge is 2.36. The Labute approximate surface area is 277 Å². The molecule has 1 saturated heterocycles. The lowest BCUT2D eigenvalue weighted by Gasteiger charge is -2.28. The van der Waals surface area contributed by atoms with Gasteiger partial charge in [-0.05, 0) is 94.0 Å². The van der Waals surface area contributed by atoms with Gasteiger partial charge in [0.1, 0.15) is 41.2 Å². The maximum Gasteiger partial charge on any atom is 0.410 e. The zero-order chi connectivity index (χ0) is 33.8. The minimum Gasteiger partial charge on any atom is -0.485 e. The number of aryl methyl sites for hydroxylation is 1. The molecule has 2 aliphatic rings. The summed E-state index contributed by atoms with van der Waals surface area (Å²) in [4.78, 5) is 45.8. The normalized spacial score (nSPS) is 17.1. The number of benzene rings is 2. The van der Waals surface area contributed by atoms with Crippen LogP contribution in [0.25, 0.3) is 0 Å². The Morgan fingerprint density at radius 1 is 0.958 bits per heavy atom. The van der Waals surface area contributed by atoms with E-state index < -0.39 is 22.7 Å². The first-order valence-corrected chi connectivity index (χ1v) is 15.6. The van der Waals surface area contributed by atoms with E-state index >= 15 is 0 Å². The number of carbonyl (C=O) groups is 2. The summed E-state index contributed by atoms with van der Waals surface area (Å²) in [5, 5.41) is 13.7. The number of nitrogens with one attached hydrogen (secondary N) is 1. The van der Waals surface area contributed by atoms with Gasteiger partial charge in [0.2, 0.25) is 17.7 Å². The molecule has 2 amide bonds. The van der Waals surface area contributed by atoms with Gasteiger partial charge in [-0.2, -0.15) is 0 Å². The molecule has 4 heterocycles. The van der Waals surface area contributed by atoms with Gasteiger partial charge in [0.05, 0.1) is 16.8 Å². The van der Waals surface area contributed by atoms with Gasteiger partial charge in [-0.1, -0.05) is 12.1 Å². The number of pyridine rings is 2. The summed E-state index contributed by atoms with van der Waals surface area (Å²) in [6.07, 6.45) is 4.76. The number of carbonyl (C=O) groups excluding carboxylic acids is 2. The average Bonchev–Trinajstić information content (AvgIpc) is 3.56. The second-order valence-electron chi connectivity index (χ2n) is 12.5. The minimum absolute atomic E-state index is 0.108. The first kappa shape index (κ1) is 32.2. The van der Waals surface area contributed by atoms with Crippen molar-refractivity contribution in [1.82, 2.24) is 14.9 Å². The molecule has 0 saturated carbocycles. The molecule has 2 unspecified atom stereocenters. The number of fused-ring (bicyclic) bond motifs is 1. The lowest BCUT2D eigenvalue weighted by atomic mass is 9.97. The fourth-order valence-corrected chi connectivity index (χ4v) is 5.54. The van der Waals surface area contributed by atoms with E-state index in [4.69, 9.17) is 18.9 Å². The average molecular weight is 654 g/mol. The highest BCUT2D eigenvalue weighted by molar-refractivity contribution is 5.96. The third-order valence-corrected chi connectivity index (χ3v) is 7.77. The Morgan fingerprint density at radius 3 is 2.40 bits per heavy atom. The van der Waals surface area contributed by atoms with Crippen molar-refractivity contribution in [3.8, 4) is 29.0 Å². The number of ether oxygens (including phenoxy) is 4. The van der Waals surface area contributed by atoms with E-state index in [0.29, 0.717) is 36.0 Å². The van der Waals surface area contributed by atoms with Crippen LogP contribution in [0.1, 0.15) is 57.3 Å². The van der Waals surface area contributed by atoms with Crippen molar-refractivity contribution in [2.75, 3.05) is 11.9 Å². The molecule has 2 atom stereocenters. The summed E-state index contributed by atoms with van der Waals surface area (Å²) < 4.78 is 23.6. The molecule has 1 N–H and O–H groups in total. The molecule has 13 nitrogen and oxygen atoms in total. The van der Waals surface area contributed by atoms with Gasteiger partial charge in [-0.25, -0.2) is 14.8 Å². The van der Waals surface area contributed by atoms with Crippen molar-refractivity contribution >= 4 is 23.4 Å². The molecule has 2 aromatic heterocycles. The number of anilines is 1. The molecule has 0 radical (unpaired) electrons. The van der Waals surface area contributed by atoms with Crippen molar-refractivity contribution in [3.63, 3.8) is 0 Å². The maximum atomic E-state index is 13.0. The van der Waals surface area contributed by atoms with Crippen LogP contribution in [0.15, 0.2) is 79.1 Å². The SMILES string of the molecule is CC(C)(C)OC(=O)N1CCCC1C(=O)Nc1ccc(Oc2ccc3c(c2)CCC(c2cccc(Oc4ccc([N+](=O)[O-])cn4)c2)O3)nc1. The Balaban J connectivity index is 1.04. The highest BCUT2D eigenvalue weighted by atomic mass is 16.6. The molecule has 4 aromatic rings. The van der Waals surface area contributed by atoms with Crippen LogP contribution in [0.3, 0.4) is 0 Å². The number of aromatic nitrogens is 2. The first-order valence-electron chi connectivity index (χ1n) is 15.6. The van der Waals surface area contributed by atoms with Crippen LogP contribution in [-0.2, 0) is 16.0 Å². The fourth-order valence-electron chi connectivity index (χ4n) is 5.54. The summed E-state index contributed by atoms with van der Waals surface area (Å²) >= 11 is 0. The van der Waals surface area contributed by atoms with E-state index in [1.165, 1.54) is 23.2 Å². The summed E-state index contributed by atoms with van der Waals surface area (Å²) in [6, 6.07) is 18.7. The van der Waals surface area contributed by atoms with E-state index in [-0.39, 0.29) is 23.6 Å². The molecule has 0 spiro atoms. The minimum atomic E-state index is -0.643. The largest absolute Gasteiger partial charge is 0.485 e. The van der Waals surface area contributed by atoms with Crippen LogP contribution < -0.4 is 19.5 Å². The second-order valence-corrected chi connectivity index (χ2v) is 12.5. The number of amides is 2. The van der Waals surface area contributed by atoms with E-state index in [0.717, 1.165) is 42.3 Å². The van der Waals surface area contributed by atoms with Gasteiger partial charge < -0.3 is 24.3 Å². The van der Waals surface area contributed by atoms with Crippen LogP contribution in [0.5, 0.6) is 29.0 Å². The molecule has 6 rings (SSSR count). The van der Waals surface area contributed by atoms with Gasteiger partial charge in [0, 0.05) is 24.7 Å². The summed E-state index contributed by atoms with van der Waals surface area (Å²) in [6.45, 7) is 5.86. The van der Waals surface area contributed by atoms with Crippen LogP contribution in [-0.4, -0.2) is 50.0 Å². The predicted octanol–water partition coefficient (Wildman–Crippen LogP) is 7.37. The van der Waals surface area contributed by atoms with E-state index in [2.05, 4.69) is 15.3 Å². The Kier molecular flexibility index (Phi) is 9.10. The van der Waals surface area contributed by atoms with Crippen molar-refractivity contribution in [2.24, 2.45) is 0 Å². The second kappa shape index (κ2) is 13.6. The molecule has 48 heavy (non-hydrogen) atoms. The number of nitro groups is 1. The van der Waals surface area contributed by atoms with E-state index in [1.807, 2.05) is 36.4 Å². The highest BCUT2D eigenvalue weighted by Crippen LogP contribution is 2.38. The monoisotopic (exact) mass is 653 g/mol. The number of hydrogen-bond acceptors (Lipinski definition) is 10. The van der Waals surface area contributed by atoms with Crippen LogP contribution >= 0.6 is 0 Å². The Morgan fingerprint density at radius 2 is 1.71 bits per heavy atom. The smallest absolute Gasteiger partial charge is 0.410 e. The van der Waals surface area contributed by atoms with Gasteiger partial charge >= 0.3 is 6.09 Å². The van der Waals surface area contributed by atoms with E-state index in [1.54, 1.807) is 39.0 Å². The summed E-state index contributed by atoms with van der Waals surface area (Å²) in [5.41, 5.74) is 1.68. The fraction of sp³-hybridized carbons (Fsp3) is 0.314. The number of hydrogen-bond donors (Lipinski definition) is 1. The quantitative estimate of drug-likeness (QED) is 0.150. The van der Waals surface area contributed by atoms with Gasteiger partial charge in [-0.3, -0.25) is 19.8 Å². The molecule has 0 bridgehead atoms. The van der Waals surface area contributed by atoms with Crippen molar-refractivity contribution in [3.05, 3.63) is 100 Å². The van der Waals surface area contributed by atoms with Crippen molar-refractivity contribution < 1.29 is 33.5 Å². The molecule has 1 fully saturated rings. The maximum absolute atomic E-state index is 13.0. The molecule has 248 valence electrons. The zero-order valence-corrected chi connectivity index (χ0v) is 26.8. The molecule has 0 aliphatic carbocycles. The topological polar surface area (TPSA) is 155 Å². The molecule has 2 aromatic carbocycles. The van der Waals surface area contributed by atoms with Crippen LogP contribution in [0.2, 0.25) is 0 Å². The molecule has 2 aliphatic heterocycles. The lowest BCUT2D eigenvalue weighted by molar-refractivity contribution is -0.385. The Bertz CT molecular complexity index is 1810. The van der Waals surface area contributed by atoms with Gasteiger partial charge in [-0.15, -0.1) is 0 Å². The van der Waals surface area contributed by atoms with Gasteiger partial charge in [0.15, 0.2) is 0 Å². The number of rotatable bonds is 8. The standard InChI is InChI=1S/C35H35N5O8/c1-35(2,3)48-34(42)39-17-5-8-28(39)33(41)38-24-10-15-31(36-20-24)46-27-12-14-30-23(19-27)9-13-29(47-30)22-6-4-7-26(18-22)45-32-16-11-25(21-37-32)40(43)44/h4,6-7,10-12,14-16,18-21,28-29H,5,8-9,13,17H2,1-3H3,(H,38,41). The predicted molar refractivity (Wildman–Crippen MR) is 174 cm³/mol. The van der Waals surface area contributed by atoms with Crippen molar-refractivity contribution in [2.45, 2.75) is 64.2 Å².